The summed E-state index contributed by atoms with van der Waals surface area (Å²) in [5, 5.41) is 13.1. The van der Waals surface area contributed by atoms with Gasteiger partial charge in [-0.2, -0.15) is 13.2 Å². The van der Waals surface area contributed by atoms with Crippen molar-refractivity contribution in [3.63, 3.8) is 0 Å². The molecule has 4 rings (SSSR count). The quantitative estimate of drug-likeness (QED) is 0.456. The number of anilines is 2. The molecule has 7 nitrogen and oxygen atoms in total. The molecular formula is C21H15ClF4N4O3S. The molecular weight excluding hydrogens is 500 g/mol. The van der Waals surface area contributed by atoms with Crippen LogP contribution in [0.25, 0.3) is 11.3 Å². The van der Waals surface area contributed by atoms with Crippen molar-refractivity contribution >= 4 is 45.8 Å². The van der Waals surface area contributed by atoms with Crippen LogP contribution in [-0.4, -0.2) is 40.0 Å². The molecule has 13 heteroatoms. The lowest BCUT2D eigenvalue weighted by molar-refractivity contribution is -0.141. The van der Waals surface area contributed by atoms with Gasteiger partial charge >= 0.3 is 12.1 Å². The Balaban J connectivity index is 1.49. The first kappa shape index (κ1) is 23.9. The van der Waals surface area contributed by atoms with Gasteiger partial charge in [0.15, 0.2) is 5.13 Å². The summed E-state index contributed by atoms with van der Waals surface area (Å²) < 4.78 is 53.3. The number of thiazole rings is 1. The Hall–Kier alpha value is -3.25. The van der Waals surface area contributed by atoms with Crippen molar-refractivity contribution in [3.8, 4) is 11.3 Å². The van der Waals surface area contributed by atoms with E-state index < -0.39 is 35.4 Å². The number of hydrogen-bond donors (Lipinski definition) is 2. The smallest absolute Gasteiger partial charge is 0.419 e. The zero-order valence-corrected chi connectivity index (χ0v) is 18.6. The highest BCUT2D eigenvalue weighted by atomic mass is 35.5. The number of carbonyl (C=O) groups is 2. The van der Waals surface area contributed by atoms with Gasteiger partial charge in [-0.3, -0.25) is 14.9 Å². The minimum Gasteiger partial charge on any atom is -0.481 e. The molecule has 0 radical (unpaired) electrons. The van der Waals surface area contributed by atoms with Crippen LogP contribution in [0, 0.1) is 11.7 Å². The van der Waals surface area contributed by atoms with E-state index in [0.717, 1.165) is 17.4 Å². The molecule has 3 heterocycles. The van der Waals surface area contributed by atoms with Gasteiger partial charge in [0.05, 0.1) is 27.8 Å². The second kappa shape index (κ2) is 9.18. The molecule has 34 heavy (non-hydrogen) atoms. The largest absolute Gasteiger partial charge is 0.481 e. The number of aliphatic carboxylic acids is 1. The number of nitrogens with zero attached hydrogens (tertiary/aromatic N) is 3. The van der Waals surface area contributed by atoms with Gasteiger partial charge in [-0.15, -0.1) is 11.3 Å². The summed E-state index contributed by atoms with van der Waals surface area (Å²) in [6.07, 6.45) is -3.13. The van der Waals surface area contributed by atoms with E-state index >= 15 is 0 Å². The van der Waals surface area contributed by atoms with Gasteiger partial charge in [-0.25, -0.2) is 14.4 Å². The number of benzene rings is 1. The minimum absolute atomic E-state index is 0.0425. The summed E-state index contributed by atoms with van der Waals surface area (Å²) in [7, 11) is 0. The number of alkyl halides is 3. The monoisotopic (exact) mass is 514 g/mol. The number of rotatable bonds is 5. The van der Waals surface area contributed by atoms with E-state index in [1.165, 1.54) is 23.7 Å². The Labute approximate surface area is 199 Å². The summed E-state index contributed by atoms with van der Waals surface area (Å²) in [6.45, 7) is 0.713. The predicted molar refractivity (Wildman–Crippen MR) is 118 cm³/mol. The van der Waals surface area contributed by atoms with Crippen molar-refractivity contribution in [1.82, 2.24) is 9.97 Å². The highest BCUT2D eigenvalue weighted by Crippen LogP contribution is 2.36. The summed E-state index contributed by atoms with van der Waals surface area (Å²) >= 11 is 7.17. The van der Waals surface area contributed by atoms with Crippen molar-refractivity contribution in [2.45, 2.75) is 12.6 Å². The van der Waals surface area contributed by atoms with Gasteiger partial charge in [0.2, 0.25) is 0 Å². The second-order valence-electron chi connectivity index (χ2n) is 7.46. The molecule has 0 saturated carbocycles. The number of aromatic nitrogens is 2. The zero-order valence-electron chi connectivity index (χ0n) is 17.1. The van der Waals surface area contributed by atoms with Crippen LogP contribution in [0.1, 0.15) is 22.3 Å². The van der Waals surface area contributed by atoms with Crippen molar-refractivity contribution in [3.05, 3.63) is 57.8 Å². The van der Waals surface area contributed by atoms with Crippen LogP contribution in [0.5, 0.6) is 0 Å². The lowest BCUT2D eigenvalue weighted by Gasteiger charge is -2.18. The Kier molecular flexibility index (Phi) is 6.45. The maximum absolute atomic E-state index is 14.4. The average molecular weight is 515 g/mol. The number of pyridine rings is 1. The number of hydrogen-bond acceptors (Lipinski definition) is 6. The van der Waals surface area contributed by atoms with Gasteiger partial charge in [0.25, 0.3) is 5.91 Å². The molecule has 0 bridgehead atoms. The van der Waals surface area contributed by atoms with Gasteiger partial charge in [-0.05, 0) is 24.6 Å². The Morgan fingerprint density at radius 2 is 2.06 bits per heavy atom. The maximum Gasteiger partial charge on any atom is 0.419 e. The Morgan fingerprint density at radius 3 is 2.71 bits per heavy atom. The predicted octanol–water partition coefficient (Wildman–Crippen LogP) is 5.18. The van der Waals surface area contributed by atoms with E-state index in [9.17, 15) is 27.2 Å². The van der Waals surface area contributed by atoms with Crippen LogP contribution in [0.4, 0.5) is 28.5 Å². The minimum atomic E-state index is -4.85. The van der Waals surface area contributed by atoms with Gasteiger partial charge in [0.1, 0.15) is 11.6 Å². The fraction of sp³-hybridized carbons (Fsp3) is 0.238. The number of carboxylic acid groups (broad SMARTS) is 1. The Bertz CT molecular complexity index is 1270. The van der Waals surface area contributed by atoms with Crippen LogP contribution in [-0.2, 0) is 11.0 Å². The van der Waals surface area contributed by atoms with Crippen LogP contribution < -0.4 is 10.2 Å². The molecule has 1 unspecified atom stereocenters. The molecule has 1 aliphatic rings. The maximum atomic E-state index is 14.4. The molecule has 3 aromatic rings. The molecule has 1 aliphatic heterocycles. The van der Waals surface area contributed by atoms with E-state index in [1.54, 1.807) is 4.90 Å². The van der Waals surface area contributed by atoms with E-state index in [0.29, 0.717) is 24.8 Å². The molecule has 1 saturated heterocycles. The van der Waals surface area contributed by atoms with Crippen molar-refractivity contribution in [2.24, 2.45) is 5.92 Å². The first-order valence-corrected chi connectivity index (χ1v) is 11.1. The lowest BCUT2D eigenvalue weighted by atomic mass is 10.1. The van der Waals surface area contributed by atoms with Gasteiger partial charge < -0.3 is 10.0 Å². The first-order valence-electron chi connectivity index (χ1n) is 9.81. The molecule has 1 atom stereocenters. The number of carbonyl (C=O) groups excluding carboxylic acids is 1. The van der Waals surface area contributed by atoms with Crippen molar-refractivity contribution in [2.75, 3.05) is 23.3 Å². The Morgan fingerprint density at radius 1 is 1.29 bits per heavy atom. The number of carboxylic acids is 1. The zero-order chi connectivity index (χ0) is 24.6. The summed E-state index contributed by atoms with van der Waals surface area (Å²) in [4.78, 5) is 33.6. The SMILES string of the molecule is O=C(Nc1nc(-c2cccc(C(F)(F)F)c2F)cs1)c1cnc(N2CCC(C(=O)O)C2)c(Cl)c1. The third kappa shape index (κ3) is 4.82. The highest BCUT2D eigenvalue weighted by Gasteiger charge is 2.35. The van der Waals surface area contributed by atoms with Crippen molar-refractivity contribution < 1.29 is 32.3 Å². The van der Waals surface area contributed by atoms with Crippen LogP contribution in [0.3, 0.4) is 0 Å². The number of amides is 1. The van der Waals surface area contributed by atoms with E-state index in [1.807, 2.05) is 0 Å². The van der Waals surface area contributed by atoms with E-state index in [-0.39, 0.29) is 33.5 Å². The molecule has 0 aliphatic carbocycles. The van der Waals surface area contributed by atoms with E-state index in [2.05, 4.69) is 15.3 Å². The second-order valence-corrected chi connectivity index (χ2v) is 8.72. The third-order valence-corrected chi connectivity index (χ3v) is 6.26. The normalized spacial score (nSPS) is 16.0. The molecule has 1 fully saturated rings. The summed E-state index contributed by atoms with van der Waals surface area (Å²) in [6, 6.07) is 4.25. The highest BCUT2D eigenvalue weighted by molar-refractivity contribution is 7.14. The fourth-order valence-corrected chi connectivity index (χ4v) is 4.51. The van der Waals surface area contributed by atoms with Gasteiger partial charge in [0, 0.05) is 30.2 Å². The molecule has 1 amide bonds. The fourth-order valence-electron chi connectivity index (χ4n) is 3.51. The first-order chi connectivity index (χ1) is 16.0. The van der Waals surface area contributed by atoms with Crippen LogP contribution >= 0.6 is 22.9 Å². The lowest BCUT2D eigenvalue weighted by Crippen LogP contribution is -2.24. The molecule has 0 spiro atoms. The third-order valence-electron chi connectivity index (χ3n) is 5.23. The average Bonchev–Trinajstić information content (AvgIpc) is 3.43. The van der Waals surface area contributed by atoms with Gasteiger partial charge in [-0.1, -0.05) is 17.7 Å². The number of halogens is 5. The molecule has 2 N–H and O–H groups in total. The molecule has 2 aromatic heterocycles. The van der Waals surface area contributed by atoms with Crippen LogP contribution in [0.15, 0.2) is 35.8 Å². The summed E-state index contributed by atoms with van der Waals surface area (Å²) in [5.41, 5.74) is -1.72. The number of nitrogens with one attached hydrogen (secondary N) is 1. The standard InChI is InChI=1S/C21H15ClF4N4O3S/c22-14-6-11(7-27-17(14)30-5-4-10(8-30)19(32)33)18(31)29-20-28-15(9-34-20)12-2-1-3-13(16(12)23)21(24,25)26/h1-3,6-7,9-10H,4-5,8H2,(H,32,33)(H,28,29,31). The topological polar surface area (TPSA) is 95.4 Å². The molecule has 1 aromatic carbocycles. The van der Waals surface area contributed by atoms with Crippen LogP contribution in [0.2, 0.25) is 5.02 Å². The van der Waals surface area contributed by atoms with E-state index in [4.69, 9.17) is 16.7 Å². The molecule has 178 valence electrons. The summed E-state index contributed by atoms with van der Waals surface area (Å²) in [5.74, 6) is -3.14. The van der Waals surface area contributed by atoms with Crippen molar-refractivity contribution in [1.29, 1.82) is 0 Å².